The van der Waals surface area contributed by atoms with Crippen molar-refractivity contribution in [3.63, 3.8) is 0 Å². The normalized spacial score (nSPS) is 13.8. The van der Waals surface area contributed by atoms with E-state index in [1.165, 1.54) is 327 Å². The number of hydrogen-bond donors (Lipinski definition) is 3. The summed E-state index contributed by atoms with van der Waals surface area (Å²) in [5, 5.41) is 14.0. The van der Waals surface area contributed by atoms with Gasteiger partial charge in [0.1, 0.15) is 13.2 Å². The molecule has 0 heterocycles. The molecule has 90 heavy (non-hydrogen) atoms. The third kappa shape index (κ3) is 73.6. The van der Waals surface area contributed by atoms with Gasteiger partial charge in [-0.15, -0.1) is 0 Å². The summed E-state index contributed by atoms with van der Waals surface area (Å²) in [4.78, 5) is 23.5. The van der Waals surface area contributed by atoms with Gasteiger partial charge in [-0.1, -0.05) is 376 Å². The Morgan fingerprint density at radius 1 is 0.378 bits per heavy atom. The van der Waals surface area contributed by atoms with E-state index in [2.05, 4.69) is 67.8 Å². The number of hydrogen-bond acceptors (Lipinski definition) is 5. The van der Waals surface area contributed by atoms with E-state index in [9.17, 15) is 19.4 Å². The molecule has 530 valence electrons. The molecule has 3 unspecified atom stereocenters. The number of phosphoric ester groups is 1. The number of carbonyl (C=O) groups is 1. The van der Waals surface area contributed by atoms with Gasteiger partial charge in [-0.3, -0.25) is 13.8 Å². The van der Waals surface area contributed by atoms with Gasteiger partial charge in [0.15, 0.2) is 0 Å². The molecule has 0 aliphatic heterocycles. The number of likely N-dealkylation sites (N-methyl/N-ethyl adjacent to an activating group) is 1. The molecule has 1 amide bonds. The zero-order valence-electron chi connectivity index (χ0n) is 60.9. The first-order valence-corrected chi connectivity index (χ1v) is 41.2. The van der Waals surface area contributed by atoms with Crippen LogP contribution in [0.4, 0.5) is 0 Å². The van der Waals surface area contributed by atoms with Crippen LogP contribution in [0, 0.1) is 0 Å². The van der Waals surface area contributed by atoms with Crippen LogP contribution in [-0.2, 0) is 18.4 Å². The number of aliphatic hydroxyl groups excluding tert-OH is 1. The summed E-state index contributed by atoms with van der Waals surface area (Å²) in [6.45, 7) is 4.83. The molecule has 0 spiro atoms. The molecule has 0 fully saturated rings. The van der Waals surface area contributed by atoms with Gasteiger partial charge < -0.3 is 19.8 Å². The summed E-state index contributed by atoms with van der Waals surface area (Å²) < 4.78 is 23.8. The Labute approximate surface area is 562 Å². The molecule has 0 aliphatic rings. The second-order valence-corrected chi connectivity index (χ2v) is 29.9. The zero-order valence-corrected chi connectivity index (χ0v) is 61.8. The monoisotopic (exact) mass is 1280 g/mol. The fourth-order valence-corrected chi connectivity index (χ4v) is 12.8. The first-order chi connectivity index (χ1) is 44.0. The molecule has 8 nitrogen and oxygen atoms in total. The average Bonchev–Trinajstić information content (AvgIpc) is 3.72. The SMILES string of the molecule is CCCCCCC/C=C\C/C=C\CCCCCCCCCCCCCCCCCCCCCCCCCCCCCC(=O)NC(COP(=O)(O)OCC[N+](C)(C)C)C(O)/C=C/CC/C=C/CC/C=C/CCCCCCCCCCCCCCCCCCCCC. The number of rotatable bonds is 74. The van der Waals surface area contributed by atoms with E-state index in [0.29, 0.717) is 17.4 Å². The summed E-state index contributed by atoms with van der Waals surface area (Å²) in [6, 6.07) is -0.872. The number of carbonyl (C=O) groups excluding carboxylic acids is 1. The van der Waals surface area contributed by atoms with E-state index < -0.39 is 20.0 Å². The maximum Gasteiger partial charge on any atom is 0.472 e. The van der Waals surface area contributed by atoms with Gasteiger partial charge in [0.2, 0.25) is 5.91 Å². The minimum atomic E-state index is -4.37. The van der Waals surface area contributed by atoms with E-state index in [4.69, 9.17) is 9.05 Å². The molecule has 0 radical (unpaired) electrons. The number of unbranched alkanes of at least 4 members (excludes halogenated alkanes) is 53. The van der Waals surface area contributed by atoms with Gasteiger partial charge in [0, 0.05) is 6.42 Å². The van der Waals surface area contributed by atoms with Crippen molar-refractivity contribution in [2.75, 3.05) is 40.9 Å². The molecule has 0 aromatic carbocycles. The quantitative estimate of drug-likeness (QED) is 0.0243. The lowest BCUT2D eigenvalue weighted by Gasteiger charge is -2.25. The van der Waals surface area contributed by atoms with E-state index in [1.807, 2.05) is 27.2 Å². The van der Waals surface area contributed by atoms with Crippen molar-refractivity contribution in [3.05, 3.63) is 60.8 Å². The maximum absolute atomic E-state index is 13.1. The molecule has 0 aromatic rings. The van der Waals surface area contributed by atoms with Gasteiger partial charge in [0.05, 0.1) is 39.9 Å². The van der Waals surface area contributed by atoms with Crippen LogP contribution in [-0.4, -0.2) is 73.4 Å². The molecular formula is C81H156N2O6P+. The Morgan fingerprint density at radius 2 is 0.644 bits per heavy atom. The van der Waals surface area contributed by atoms with Crippen LogP contribution in [0.25, 0.3) is 0 Å². The van der Waals surface area contributed by atoms with Crippen molar-refractivity contribution in [1.82, 2.24) is 5.32 Å². The number of aliphatic hydroxyl groups is 1. The number of amides is 1. The van der Waals surface area contributed by atoms with Crippen LogP contribution in [0.1, 0.15) is 399 Å². The average molecular weight is 1290 g/mol. The van der Waals surface area contributed by atoms with Crippen molar-refractivity contribution < 1.29 is 32.9 Å². The first-order valence-electron chi connectivity index (χ1n) is 39.7. The molecule has 3 N–H and O–H groups in total. The topological polar surface area (TPSA) is 105 Å². The number of nitrogens with zero attached hydrogens (tertiary/aromatic N) is 1. The van der Waals surface area contributed by atoms with E-state index in [-0.39, 0.29) is 19.1 Å². The van der Waals surface area contributed by atoms with Crippen molar-refractivity contribution in [2.24, 2.45) is 0 Å². The van der Waals surface area contributed by atoms with Crippen LogP contribution in [0.5, 0.6) is 0 Å². The molecule has 3 atom stereocenters. The van der Waals surface area contributed by atoms with Crippen LogP contribution < -0.4 is 5.32 Å². The Bertz CT molecular complexity index is 1650. The second kappa shape index (κ2) is 71.5. The molecular weight excluding hydrogens is 1130 g/mol. The molecule has 0 aliphatic carbocycles. The smallest absolute Gasteiger partial charge is 0.387 e. The van der Waals surface area contributed by atoms with E-state index in [0.717, 1.165) is 51.4 Å². The summed E-state index contributed by atoms with van der Waals surface area (Å²) in [5.74, 6) is -0.183. The van der Waals surface area contributed by atoms with Gasteiger partial charge in [-0.2, -0.15) is 0 Å². The highest BCUT2D eigenvalue weighted by atomic mass is 31.2. The number of phosphoric acid groups is 1. The summed E-state index contributed by atoms with van der Waals surface area (Å²) in [5.41, 5.74) is 0. The largest absolute Gasteiger partial charge is 0.472 e. The Hall–Kier alpha value is -1.80. The zero-order chi connectivity index (χ0) is 65.5. The standard InChI is InChI=1S/C81H155N2O6P/c1-6-8-10-12-14-16-18-20-22-24-26-28-30-32-34-36-37-38-39-40-41-42-43-44-45-47-49-51-53-55-57-59-61-63-65-67-69-71-73-75-81(85)82-79(78-89-90(86,87)88-77-76-83(3,4)5)80(84)74-72-70-68-66-64-62-60-58-56-54-52-50-48-46-35-33-31-29-27-25-23-21-19-17-15-13-11-9-7-2/h18,20,24,26,56,58,64,66,72,74,79-80,84H,6-17,19,21-23,25,27-55,57,59-63,65,67-71,73,75-78H2,1-5H3,(H-,82,85,86,87)/p+1/b20-18-,26-24-,58-56+,66-64+,74-72+. The Kier molecular flexibility index (Phi) is 70.1. The Balaban J connectivity index is 3.98. The van der Waals surface area contributed by atoms with Gasteiger partial charge in [-0.05, 0) is 77.0 Å². The van der Waals surface area contributed by atoms with Gasteiger partial charge in [0.25, 0.3) is 0 Å². The maximum atomic E-state index is 13.1. The summed E-state index contributed by atoms with van der Waals surface area (Å²) in [7, 11) is 1.56. The van der Waals surface area contributed by atoms with E-state index in [1.54, 1.807) is 6.08 Å². The molecule has 0 saturated carbocycles. The molecule has 0 saturated heterocycles. The van der Waals surface area contributed by atoms with Gasteiger partial charge >= 0.3 is 7.82 Å². The van der Waals surface area contributed by atoms with Crippen LogP contribution >= 0.6 is 7.82 Å². The lowest BCUT2D eigenvalue weighted by Crippen LogP contribution is -2.45. The number of allylic oxidation sites excluding steroid dienone is 9. The first kappa shape index (κ1) is 88.2. The summed E-state index contributed by atoms with van der Waals surface area (Å²) >= 11 is 0. The van der Waals surface area contributed by atoms with Crippen LogP contribution in [0.3, 0.4) is 0 Å². The van der Waals surface area contributed by atoms with Crippen molar-refractivity contribution in [1.29, 1.82) is 0 Å². The lowest BCUT2D eigenvalue weighted by atomic mass is 10.0. The Morgan fingerprint density at radius 3 is 0.956 bits per heavy atom. The summed E-state index contributed by atoms with van der Waals surface area (Å²) in [6.07, 6.45) is 100.0. The van der Waals surface area contributed by atoms with Crippen LogP contribution in [0.15, 0.2) is 60.8 Å². The minimum Gasteiger partial charge on any atom is -0.387 e. The lowest BCUT2D eigenvalue weighted by molar-refractivity contribution is -0.870. The number of nitrogens with one attached hydrogen (secondary N) is 1. The fourth-order valence-electron chi connectivity index (χ4n) is 12.1. The van der Waals surface area contributed by atoms with Crippen molar-refractivity contribution in [3.8, 4) is 0 Å². The van der Waals surface area contributed by atoms with E-state index >= 15 is 0 Å². The van der Waals surface area contributed by atoms with Gasteiger partial charge in [-0.25, -0.2) is 4.57 Å². The van der Waals surface area contributed by atoms with Crippen molar-refractivity contribution in [2.45, 2.75) is 411 Å². The second-order valence-electron chi connectivity index (χ2n) is 28.4. The predicted octanol–water partition coefficient (Wildman–Crippen LogP) is 25.9. The molecule has 0 bridgehead atoms. The highest BCUT2D eigenvalue weighted by Crippen LogP contribution is 2.43. The minimum absolute atomic E-state index is 0.0543. The molecule has 9 heteroatoms. The highest BCUT2D eigenvalue weighted by molar-refractivity contribution is 7.47. The van der Waals surface area contributed by atoms with Crippen molar-refractivity contribution >= 4 is 13.7 Å². The molecule has 0 rings (SSSR count). The third-order valence-corrected chi connectivity index (χ3v) is 19.2. The predicted molar refractivity (Wildman–Crippen MR) is 397 cm³/mol. The highest BCUT2D eigenvalue weighted by Gasteiger charge is 2.28. The molecule has 0 aromatic heterocycles. The third-order valence-electron chi connectivity index (χ3n) is 18.2. The number of quaternary nitrogens is 1. The van der Waals surface area contributed by atoms with Crippen LogP contribution in [0.2, 0.25) is 0 Å². The fraction of sp³-hybridized carbons (Fsp3) is 0.864.